The van der Waals surface area contributed by atoms with E-state index in [1.54, 1.807) is 6.07 Å². The van der Waals surface area contributed by atoms with Crippen molar-refractivity contribution < 1.29 is 22.7 Å². The number of ether oxygens (including phenoxy) is 2. The van der Waals surface area contributed by atoms with Crippen molar-refractivity contribution >= 4 is 27.7 Å². The van der Waals surface area contributed by atoms with Gasteiger partial charge >= 0.3 is 0 Å². The second-order valence-corrected chi connectivity index (χ2v) is 10.7. The Kier molecular flexibility index (Phi) is 8.98. The predicted octanol–water partition coefficient (Wildman–Crippen LogP) is 2.36. The third-order valence-corrected chi connectivity index (χ3v) is 8.22. The molecule has 2 N–H and O–H groups in total. The Balaban J connectivity index is 1.70. The molecule has 0 atom stereocenters. The molecule has 0 spiro atoms. The topological polar surface area (TPSA) is 127 Å². The van der Waals surface area contributed by atoms with Crippen LogP contribution in [0.5, 0.6) is 11.5 Å². The second kappa shape index (κ2) is 11.7. The first-order valence-electron chi connectivity index (χ1n) is 10.9. The summed E-state index contributed by atoms with van der Waals surface area (Å²) in [5.41, 5.74) is 0. The van der Waals surface area contributed by atoms with E-state index in [4.69, 9.17) is 9.47 Å². The minimum absolute atomic E-state index is 0.0778. The number of amides is 1. The Morgan fingerprint density at radius 3 is 2.58 bits per heavy atom. The monoisotopic (exact) mass is 497 g/mol. The molecule has 1 saturated carbocycles. The Hall–Kier alpha value is -2.31. The van der Waals surface area contributed by atoms with E-state index in [0.29, 0.717) is 29.0 Å². The van der Waals surface area contributed by atoms with E-state index < -0.39 is 10.0 Å². The zero-order chi connectivity index (χ0) is 23.8. The number of nitrogens with one attached hydrogen (secondary N) is 2. The number of nitrogens with zero attached hydrogens (tertiary/aromatic N) is 3. The smallest absolute Gasteiger partial charge is 0.243 e. The average molecular weight is 498 g/mol. The molecule has 1 aliphatic rings. The van der Waals surface area contributed by atoms with Crippen molar-refractivity contribution in [1.29, 1.82) is 0 Å². The van der Waals surface area contributed by atoms with Crippen LogP contribution in [0.1, 0.15) is 37.9 Å². The van der Waals surface area contributed by atoms with Gasteiger partial charge in [0.1, 0.15) is 5.82 Å². The largest absolute Gasteiger partial charge is 0.493 e. The van der Waals surface area contributed by atoms with Crippen LogP contribution < -0.4 is 14.8 Å². The van der Waals surface area contributed by atoms with E-state index in [2.05, 4.69) is 20.5 Å². The lowest BCUT2D eigenvalue weighted by Gasteiger charge is -2.33. The fraction of sp³-hybridized carbons (Fsp3) is 0.571. The van der Waals surface area contributed by atoms with Gasteiger partial charge < -0.3 is 14.8 Å². The molecule has 1 aromatic carbocycles. The highest BCUT2D eigenvalue weighted by atomic mass is 32.2. The predicted molar refractivity (Wildman–Crippen MR) is 125 cm³/mol. The van der Waals surface area contributed by atoms with Crippen LogP contribution in [0.25, 0.3) is 0 Å². The van der Waals surface area contributed by atoms with Crippen LogP contribution in [0, 0.1) is 6.92 Å². The van der Waals surface area contributed by atoms with Gasteiger partial charge in [0, 0.05) is 24.4 Å². The van der Waals surface area contributed by atoms with Crippen molar-refractivity contribution in [2.75, 3.05) is 33.1 Å². The molecule has 3 rings (SSSR count). The number of rotatable bonds is 11. The van der Waals surface area contributed by atoms with Crippen molar-refractivity contribution in [2.45, 2.75) is 55.1 Å². The molecule has 10 nitrogen and oxygen atoms in total. The van der Waals surface area contributed by atoms with Gasteiger partial charge in [-0.25, -0.2) is 13.4 Å². The number of benzene rings is 1. The molecule has 12 heteroatoms. The zero-order valence-electron chi connectivity index (χ0n) is 19.2. The van der Waals surface area contributed by atoms with E-state index in [0.717, 1.165) is 37.9 Å². The highest BCUT2D eigenvalue weighted by Gasteiger charge is 2.34. The van der Waals surface area contributed by atoms with Crippen LogP contribution in [0.15, 0.2) is 28.3 Å². The lowest BCUT2D eigenvalue weighted by Crippen LogP contribution is -2.47. The van der Waals surface area contributed by atoms with Crippen molar-refractivity contribution in [3.05, 3.63) is 24.0 Å². The highest BCUT2D eigenvalue weighted by molar-refractivity contribution is 7.99. The van der Waals surface area contributed by atoms with Crippen molar-refractivity contribution in [3.63, 3.8) is 0 Å². The molecule has 0 saturated heterocycles. The number of carbonyl (C=O) groups excluding carboxylic acids is 1. The molecule has 182 valence electrons. The van der Waals surface area contributed by atoms with Gasteiger partial charge in [0.05, 0.1) is 25.7 Å². The molecule has 0 radical (unpaired) electrons. The van der Waals surface area contributed by atoms with E-state index in [1.165, 1.54) is 42.4 Å². The Morgan fingerprint density at radius 1 is 1.21 bits per heavy atom. The number of H-pyrrole nitrogens is 1. The number of hydrogen-bond donors (Lipinski definition) is 2. The van der Waals surface area contributed by atoms with Crippen LogP contribution in [0.3, 0.4) is 0 Å². The minimum Gasteiger partial charge on any atom is -0.493 e. The molecular weight excluding hydrogens is 466 g/mol. The first-order valence-corrected chi connectivity index (χ1v) is 13.3. The fourth-order valence-electron chi connectivity index (χ4n) is 3.81. The Morgan fingerprint density at radius 2 is 1.94 bits per heavy atom. The number of methoxy groups -OCH3 is 2. The summed E-state index contributed by atoms with van der Waals surface area (Å²) in [5.74, 6) is 1.74. The van der Waals surface area contributed by atoms with Crippen molar-refractivity contribution in [1.82, 2.24) is 24.8 Å². The summed E-state index contributed by atoms with van der Waals surface area (Å²) in [6, 6.07) is 4.28. The second-order valence-electron chi connectivity index (χ2n) is 7.76. The maximum absolute atomic E-state index is 13.6. The van der Waals surface area contributed by atoms with E-state index >= 15 is 0 Å². The molecule has 0 aliphatic heterocycles. The number of carbonyl (C=O) groups is 1. The number of aromatic nitrogens is 3. The highest BCUT2D eigenvalue weighted by Crippen LogP contribution is 2.33. The lowest BCUT2D eigenvalue weighted by molar-refractivity contribution is -0.121. The summed E-state index contributed by atoms with van der Waals surface area (Å²) in [6.45, 7) is 1.97. The number of aromatic amines is 1. The SMILES string of the molecule is COc1ccc(S(=O)(=O)N(CC(=O)NCCSc2n[nH]c(C)n2)C2CCCCC2)cc1OC. The van der Waals surface area contributed by atoms with Gasteiger partial charge in [-0.1, -0.05) is 31.0 Å². The third-order valence-electron chi connectivity index (χ3n) is 5.48. The van der Waals surface area contributed by atoms with Gasteiger partial charge in [-0.3, -0.25) is 9.89 Å². The van der Waals surface area contributed by atoms with E-state index in [1.807, 2.05) is 6.92 Å². The van der Waals surface area contributed by atoms with Gasteiger partial charge in [-0.05, 0) is 31.9 Å². The quantitative estimate of drug-likeness (QED) is 0.358. The molecule has 1 aliphatic carbocycles. The average Bonchev–Trinajstić information content (AvgIpc) is 3.25. The van der Waals surface area contributed by atoms with Crippen molar-refractivity contribution in [3.8, 4) is 11.5 Å². The summed E-state index contributed by atoms with van der Waals surface area (Å²) in [4.78, 5) is 17.0. The van der Waals surface area contributed by atoms with Gasteiger partial charge in [0.2, 0.25) is 21.1 Å². The number of thioether (sulfide) groups is 1. The van der Waals surface area contributed by atoms with Crippen LogP contribution in [0.2, 0.25) is 0 Å². The standard InChI is InChI=1S/C21H31N5O5S2/c1-15-23-21(25-24-15)32-12-11-22-20(27)14-26(16-7-5-4-6-8-16)33(28,29)17-9-10-18(30-2)19(13-17)31-3/h9-10,13,16H,4-8,11-12,14H2,1-3H3,(H,22,27)(H,23,24,25). The lowest BCUT2D eigenvalue weighted by atomic mass is 9.95. The molecular formula is C21H31N5O5S2. The van der Waals surface area contributed by atoms with Gasteiger partial charge in [-0.2, -0.15) is 4.31 Å². The summed E-state index contributed by atoms with van der Waals surface area (Å²) < 4.78 is 39.0. The molecule has 0 unspecified atom stereocenters. The third kappa shape index (κ3) is 6.61. The number of sulfonamides is 1. The number of hydrogen-bond acceptors (Lipinski definition) is 8. The first-order chi connectivity index (χ1) is 15.8. The van der Waals surface area contributed by atoms with Crippen LogP contribution in [-0.2, 0) is 14.8 Å². The van der Waals surface area contributed by atoms with E-state index in [9.17, 15) is 13.2 Å². The summed E-state index contributed by atoms with van der Waals surface area (Å²) in [6.07, 6.45) is 4.43. The molecule has 1 amide bonds. The molecule has 0 bridgehead atoms. The molecule has 1 fully saturated rings. The van der Waals surface area contributed by atoms with Gasteiger partial charge in [-0.15, -0.1) is 5.10 Å². The minimum atomic E-state index is -3.92. The van der Waals surface area contributed by atoms with E-state index in [-0.39, 0.29) is 23.4 Å². The zero-order valence-corrected chi connectivity index (χ0v) is 20.8. The molecule has 2 aromatic rings. The van der Waals surface area contributed by atoms with Crippen LogP contribution >= 0.6 is 11.8 Å². The van der Waals surface area contributed by atoms with Crippen LogP contribution in [-0.4, -0.2) is 72.9 Å². The molecule has 1 aromatic heterocycles. The normalized spacial score (nSPS) is 14.9. The maximum Gasteiger partial charge on any atom is 0.243 e. The summed E-state index contributed by atoms with van der Waals surface area (Å²) in [7, 11) is -0.967. The Bertz CT molecular complexity index is 1040. The summed E-state index contributed by atoms with van der Waals surface area (Å²) >= 11 is 1.41. The van der Waals surface area contributed by atoms with Crippen LogP contribution in [0.4, 0.5) is 0 Å². The molecule has 1 heterocycles. The molecule has 33 heavy (non-hydrogen) atoms. The van der Waals surface area contributed by atoms with Gasteiger partial charge in [0.15, 0.2) is 11.5 Å². The fourth-order valence-corrected chi connectivity index (χ4v) is 6.16. The Labute approximate surface area is 198 Å². The van der Waals surface area contributed by atoms with Gasteiger partial charge in [0.25, 0.3) is 0 Å². The first kappa shape index (κ1) is 25.3. The summed E-state index contributed by atoms with van der Waals surface area (Å²) in [5, 5.41) is 10.2. The van der Waals surface area contributed by atoms with Crippen molar-refractivity contribution in [2.24, 2.45) is 0 Å². The number of aryl methyl sites for hydroxylation is 1. The maximum atomic E-state index is 13.6.